The molecule has 1 rings (SSSR count). The SMILES string of the molecule is CCSCC(C)NS(=O)(=O)c1cc(F)ccc1CO. The van der Waals surface area contributed by atoms with Crippen LogP contribution >= 0.6 is 11.8 Å². The van der Waals surface area contributed by atoms with Gasteiger partial charge in [0.15, 0.2) is 0 Å². The first-order chi connectivity index (χ1) is 8.90. The minimum Gasteiger partial charge on any atom is -0.392 e. The first-order valence-corrected chi connectivity index (χ1v) is 8.53. The summed E-state index contributed by atoms with van der Waals surface area (Å²) in [5, 5.41) is 9.13. The molecule has 0 fully saturated rings. The molecule has 0 bridgehead atoms. The average Bonchev–Trinajstić information content (AvgIpc) is 2.35. The van der Waals surface area contributed by atoms with E-state index in [4.69, 9.17) is 5.11 Å². The number of thioether (sulfide) groups is 1. The molecule has 0 saturated carbocycles. The maximum absolute atomic E-state index is 13.2. The molecule has 1 unspecified atom stereocenters. The monoisotopic (exact) mass is 307 g/mol. The maximum atomic E-state index is 13.2. The van der Waals surface area contributed by atoms with E-state index in [0.717, 1.165) is 17.9 Å². The Morgan fingerprint density at radius 3 is 2.74 bits per heavy atom. The van der Waals surface area contributed by atoms with Crippen molar-refractivity contribution in [3.8, 4) is 0 Å². The van der Waals surface area contributed by atoms with Gasteiger partial charge in [0.05, 0.1) is 11.5 Å². The molecule has 0 aliphatic carbocycles. The van der Waals surface area contributed by atoms with Gasteiger partial charge in [0.25, 0.3) is 0 Å². The largest absolute Gasteiger partial charge is 0.392 e. The summed E-state index contributed by atoms with van der Waals surface area (Å²) in [4.78, 5) is -0.205. The second kappa shape index (κ2) is 7.23. The lowest BCUT2D eigenvalue weighted by Gasteiger charge is -2.15. The van der Waals surface area contributed by atoms with Crippen LogP contribution in [0.2, 0.25) is 0 Å². The zero-order chi connectivity index (χ0) is 14.5. The van der Waals surface area contributed by atoms with Crippen LogP contribution in [0, 0.1) is 5.82 Å². The zero-order valence-electron chi connectivity index (χ0n) is 10.9. The Hall–Kier alpha value is -0.630. The van der Waals surface area contributed by atoms with Crippen molar-refractivity contribution in [1.82, 2.24) is 4.72 Å². The standard InChI is InChI=1S/C12H18FNO3S2/c1-3-18-8-9(2)14-19(16,17)12-6-11(13)5-4-10(12)7-15/h4-6,9,14-15H,3,7-8H2,1-2H3. The molecular weight excluding hydrogens is 289 g/mol. The average molecular weight is 307 g/mol. The number of aliphatic hydroxyl groups excluding tert-OH is 1. The van der Waals surface area contributed by atoms with Gasteiger partial charge in [-0.3, -0.25) is 0 Å². The third kappa shape index (κ3) is 4.76. The quantitative estimate of drug-likeness (QED) is 0.805. The molecular formula is C12H18FNO3S2. The van der Waals surface area contributed by atoms with Gasteiger partial charge in [-0.15, -0.1) is 0 Å². The van der Waals surface area contributed by atoms with E-state index >= 15 is 0 Å². The van der Waals surface area contributed by atoms with E-state index in [-0.39, 0.29) is 16.5 Å². The van der Waals surface area contributed by atoms with E-state index in [1.165, 1.54) is 6.07 Å². The highest BCUT2D eigenvalue weighted by Crippen LogP contribution is 2.18. The van der Waals surface area contributed by atoms with Gasteiger partial charge in [-0.05, 0) is 30.4 Å². The van der Waals surface area contributed by atoms with Crippen molar-refractivity contribution in [2.24, 2.45) is 0 Å². The fraction of sp³-hybridized carbons (Fsp3) is 0.500. The Labute approximate surface area is 117 Å². The topological polar surface area (TPSA) is 66.4 Å². The molecule has 19 heavy (non-hydrogen) atoms. The number of hydrogen-bond donors (Lipinski definition) is 2. The number of hydrogen-bond acceptors (Lipinski definition) is 4. The summed E-state index contributed by atoms with van der Waals surface area (Å²) in [5.41, 5.74) is 0.184. The van der Waals surface area contributed by atoms with Crippen LogP contribution < -0.4 is 4.72 Å². The van der Waals surface area contributed by atoms with Gasteiger partial charge in [-0.1, -0.05) is 13.0 Å². The molecule has 4 nitrogen and oxygen atoms in total. The number of sulfonamides is 1. The summed E-state index contributed by atoms with van der Waals surface area (Å²) in [6.07, 6.45) is 0. The molecule has 0 saturated heterocycles. The smallest absolute Gasteiger partial charge is 0.241 e. The minimum atomic E-state index is -3.82. The van der Waals surface area contributed by atoms with Crippen LogP contribution in [0.5, 0.6) is 0 Å². The normalized spacial score (nSPS) is 13.5. The van der Waals surface area contributed by atoms with E-state index in [1.54, 1.807) is 18.7 Å². The Morgan fingerprint density at radius 2 is 2.16 bits per heavy atom. The van der Waals surface area contributed by atoms with Gasteiger partial charge < -0.3 is 5.11 Å². The fourth-order valence-electron chi connectivity index (χ4n) is 1.57. The fourth-order valence-corrected chi connectivity index (χ4v) is 3.83. The summed E-state index contributed by atoms with van der Waals surface area (Å²) < 4.78 is 39.9. The van der Waals surface area contributed by atoms with E-state index in [9.17, 15) is 12.8 Å². The van der Waals surface area contributed by atoms with Gasteiger partial charge >= 0.3 is 0 Å². The molecule has 0 aromatic heterocycles. The third-order valence-corrected chi connectivity index (χ3v) is 5.23. The van der Waals surface area contributed by atoms with E-state index in [0.29, 0.717) is 5.75 Å². The Morgan fingerprint density at radius 1 is 1.47 bits per heavy atom. The van der Waals surface area contributed by atoms with Crippen LogP contribution in [0.4, 0.5) is 4.39 Å². The lowest BCUT2D eigenvalue weighted by Crippen LogP contribution is -2.35. The van der Waals surface area contributed by atoms with Crippen molar-refractivity contribution in [3.63, 3.8) is 0 Å². The van der Waals surface area contributed by atoms with Crippen molar-refractivity contribution >= 4 is 21.8 Å². The summed E-state index contributed by atoms with van der Waals surface area (Å²) in [6.45, 7) is 3.29. The van der Waals surface area contributed by atoms with Gasteiger partial charge in [0.1, 0.15) is 5.82 Å². The van der Waals surface area contributed by atoms with Crippen molar-refractivity contribution in [1.29, 1.82) is 0 Å². The Kier molecular flexibility index (Phi) is 6.25. The molecule has 108 valence electrons. The molecule has 0 spiro atoms. The highest BCUT2D eigenvalue weighted by molar-refractivity contribution is 7.99. The summed E-state index contributed by atoms with van der Waals surface area (Å²) in [7, 11) is -3.82. The molecule has 0 aliphatic heterocycles. The van der Waals surface area contributed by atoms with E-state index in [1.807, 2.05) is 6.92 Å². The molecule has 1 aromatic rings. The van der Waals surface area contributed by atoms with Crippen molar-refractivity contribution < 1.29 is 17.9 Å². The first-order valence-electron chi connectivity index (χ1n) is 5.90. The van der Waals surface area contributed by atoms with Crippen molar-refractivity contribution in [2.75, 3.05) is 11.5 Å². The molecule has 1 atom stereocenters. The number of rotatable bonds is 7. The van der Waals surface area contributed by atoms with Crippen molar-refractivity contribution in [2.45, 2.75) is 31.4 Å². The second-order valence-electron chi connectivity index (χ2n) is 4.09. The third-order valence-electron chi connectivity index (χ3n) is 2.42. The molecule has 0 aliphatic rings. The Balaban J connectivity index is 2.96. The van der Waals surface area contributed by atoms with Crippen LogP contribution in [0.1, 0.15) is 19.4 Å². The second-order valence-corrected chi connectivity index (χ2v) is 7.09. The zero-order valence-corrected chi connectivity index (χ0v) is 12.5. The maximum Gasteiger partial charge on any atom is 0.241 e. The minimum absolute atomic E-state index is 0.184. The highest BCUT2D eigenvalue weighted by atomic mass is 32.2. The van der Waals surface area contributed by atoms with Crippen LogP contribution in [-0.2, 0) is 16.6 Å². The van der Waals surface area contributed by atoms with Crippen LogP contribution in [0.25, 0.3) is 0 Å². The van der Waals surface area contributed by atoms with Gasteiger partial charge in [-0.2, -0.15) is 11.8 Å². The van der Waals surface area contributed by atoms with Gasteiger partial charge in [0, 0.05) is 11.8 Å². The summed E-state index contributed by atoms with van der Waals surface area (Å²) in [6, 6.07) is 3.06. The van der Waals surface area contributed by atoms with Crippen LogP contribution in [-0.4, -0.2) is 31.1 Å². The van der Waals surface area contributed by atoms with Gasteiger partial charge in [0.2, 0.25) is 10.0 Å². The summed E-state index contributed by atoms with van der Waals surface area (Å²) in [5.74, 6) is 0.890. The molecule has 7 heteroatoms. The lowest BCUT2D eigenvalue weighted by molar-refractivity contribution is 0.278. The predicted molar refractivity (Wildman–Crippen MR) is 75.1 cm³/mol. The number of halogens is 1. The molecule has 0 radical (unpaired) electrons. The number of aliphatic hydroxyl groups is 1. The van der Waals surface area contributed by atoms with Crippen LogP contribution in [0.15, 0.2) is 23.1 Å². The van der Waals surface area contributed by atoms with E-state index in [2.05, 4.69) is 4.72 Å². The molecule has 0 heterocycles. The van der Waals surface area contributed by atoms with Crippen molar-refractivity contribution in [3.05, 3.63) is 29.6 Å². The highest BCUT2D eigenvalue weighted by Gasteiger charge is 2.21. The Bertz CT molecular complexity index is 520. The number of nitrogens with one attached hydrogen (secondary N) is 1. The molecule has 2 N–H and O–H groups in total. The summed E-state index contributed by atoms with van der Waals surface area (Å²) >= 11 is 1.61. The number of benzene rings is 1. The lowest BCUT2D eigenvalue weighted by atomic mass is 10.2. The van der Waals surface area contributed by atoms with Gasteiger partial charge in [-0.25, -0.2) is 17.5 Å². The predicted octanol–water partition coefficient (Wildman–Crippen LogP) is 1.74. The molecule has 1 aromatic carbocycles. The van der Waals surface area contributed by atoms with E-state index < -0.39 is 22.4 Å². The first kappa shape index (κ1) is 16.4. The molecule has 0 amide bonds. The van der Waals surface area contributed by atoms with Crippen LogP contribution in [0.3, 0.4) is 0 Å².